The van der Waals surface area contributed by atoms with Crippen LogP contribution in [0, 0.1) is 6.92 Å². The zero-order valence-electron chi connectivity index (χ0n) is 14.3. The van der Waals surface area contributed by atoms with E-state index >= 15 is 0 Å². The standard InChI is InChI=1S/C20H23NOSi/c1-15-10-12-17(13-11-15)20-21-19(16-8-6-5-7-9-16)18(22-20)14-23(2,3)4/h5-13H,14H2,1-4H3. The Morgan fingerprint density at radius 3 is 2.13 bits per heavy atom. The molecule has 0 unspecified atom stereocenters. The van der Waals surface area contributed by atoms with Crippen molar-refractivity contribution in [1.82, 2.24) is 4.98 Å². The second kappa shape index (κ2) is 6.17. The van der Waals surface area contributed by atoms with Crippen LogP contribution >= 0.6 is 0 Å². The molecule has 2 aromatic carbocycles. The Kier molecular flexibility index (Phi) is 4.22. The molecule has 3 aromatic rings. The molecule has 0 fully saturated rings. The van der Waals surface area contributed by atoms with Crippen LogP contribution in [0.25, 0.3) is 22.7 Å². The van der Waals surface area contributed by atoms with Crippen molar-refractivity contribution in [2.75, 3.05) is 0 Å². The summed E-state index contributed by atoms with van der Waals surface area (Å²) < 4.78 is 6.19. The van der Waals surface area contributed by atoms with Gasteiger partial charge in [-0.15, -0.1) is 0 Å². The summed E-state index contributed by atoms with van der Waals surface area (Å²) >= 11 is 0. The van der Waals surface area contributed by atoms with Gasteiger partial charge in [-0.25, -0.2) is 4.98 Å². The first-order valence-electron chi connectivity index (χ1n) is 8.04. The molecule has 0 aliphatic carbocycles. The summed E-state index contributed by atoms with van der Waals surface area (Å²) in [6.45, 7) is 9.16. The normalized spacial score (nSPS) is 11.7. The Bertz CT molecular complexity index is 783. The van der Waals surface area contributed by atoms with Crippen LogP contribution in [0.4, 0.5) is 0 Å². The summed E-state index contributed by atoms with van der Waals surface area (Å²) in [6.07, 6.45) is 0. The molecule has 0 amide bonds. The van der Waals surface area contributed by atoms with Crippen molar-refractivity contribution in [3.63, 3.8) is 0 Å². The third-order valence-electron chi connectivity index (χ3n) is 3.73. The monoisotopic (exact) mass is 321 g/mol. The maximum atomic E-state index is 6.19. The molecule has 0 radical (unpaired) electrons. The van der Waals surface area contributed by atoms with E-state index in [0.29, 0.717) is 0 Å². The molecule has 0 bridgehead atoms. The first-order valence-corrected chi connectivity index (χ1v) is 11.8. The average molecular weight is 321 g/mol. The summed E-state index contributed by atoms with van der Waals surface area (Å²) in [7, 11) is -1.29. The number of rotatable bonds is 4. The number of aromatic nitrogens is 1. The van der Waals surface area contributed by atoms with Gasteiger partial charge in [0, 0.05) is 17.2 Å². The Morgan fingerprint density at radius 2 is 1.52 bits per heavy atom. The van der Waals surface area contributed by atoms with Gasteiger partial charge in [0.15, 0.2) is 0 Å². The molecule has 0 atom stereocenters. The van der Waals surface area contributed by atoms with Crippen LogP contribution in [0.3, 0.4) is 0 Å². The summed E-state index contributed by atoms with van der Waals surface area (Å²) in [5.41, 5.74) is 4.40. The van der Waals surface area contributed by atoms with E-state index in [1.54, 1.807) is 0 Å². The van der Waals surface area contributed by atoms with E-state index in [0.717, 1.165) is 34.5 Å². The summed E-state index contributed by atoms with van der Waals surface area (Å²) in [4.78, 5) is 4.82. The number of hydrogen-bond acceptors (Lipinski definition) is 2. The molecule has 23 heavy (non-hydrogen) atoms. The minimum Gasteiger partial charge on any atom is -0.441 e. The first-order chi connectivity index (χ1) is 10.9. The van der Waals surface area contributed by atoms with Crippen molar-refractivity contribution < 1.29 is 4.42 Å². The molecule has 0 aliphatic heterocycles. The Labute approximate surface area is 139 Å². The molecule has 1 heterocycles. The smallest absolute Gasteiger partial charge is 0.226 e. The lowest BCUT2D eigenvalue weighted by Gasteiger charge is -2.14. The molecule has 2 nitrogen and oxygen atoms in total. The van der Waals surface area contributed by atoms with E-state index < -0.39 is 8.07 Å². The number of nitrogens with zero attached hydrogens (tertiary/aromatic N) is 1. The fourth-order valence-corrected chi connectivity index (χ4v) is 3.80. The molecule has 0 aliphatic rings. The first kappa shape index (κ1) is 15.8. The van der Waals surface area contributed by atoms with Gasteiger partial charge in [-0.1, -0.05) is 67.7 Å². The summed E-state index contributed by atoms with van der Waals surface area (Å²) in [5, 5.41) is 0. The Hall–Kier alpha value is -2.13. The predicted octanol–water partition coefficient (Wildman–Crippen LogP) is 5.74. The molecule has 0 N–H and O–H groups in total. The zero-order valence-corrected chi connectivity index (χ0v) is 15.3. The van der Waals surface area contributed by atoms with Crippen molar-refractivity contribution in [1.29, 1.82) is 0 Å². The van der Waals surface area contributed by atoms with Crippen molar-refractivity contribution >= 4 is 8.07 Å². The van der Waals surface area contributed by atoms with E-state index in [1.165, 1.54) is 5.56 Å². The fraction of sp³-hybridized carbons (Fsp3) is 0.250. The topological polar surface area (TPSA) is 26.0 Å². The quantitative estimate of drug-likeness (QED) is 0.573. The SMILES string of the molecule is Cc1ccc(-c2nc(-c3ccccc3)c(C[Si](C)(C)C)o2)cc1. The van der Waals surface area contributed by atoms with Gasteiger partial charge >= 0.3 is 0 Å². The van der Waals surface area contributed by atoms with Gasteiger partial charge in [-0.05, 0) is 19.1 Å². The van der Waals surface area contributed by atoms with Gasteiger partial charge < -0.3 is 4.42 Å². The van der Waals surface area contributed by atoms with Crippen LogP contribution in [-0.2, 0) is 6.04 Å². The molecular weight excluding hydrogens is 298 g/mol. The zero-order chi connectivity index (χ0) is 16.4. The second-order valence-corrected chi connectivity index (χ2v) is 12.7. The highest BCUT2D eigenvalue weighted by atomic mass is 28.3. The maximum Gasteiger partial charge on any atom is 0.226 e. The third kappa shape index (κ3) is 3.80. The highest BCUT2D eigenvalue weighted by molar-refractivity contribution is 6.75. The highest BCUT2D eigenvalue weighted by Crippen LogP contribution is 2.31. The van der Waals surface area contributed by atoms with E-state index in [9.17, 15) is 0 Å². The lowest BCUT2D eigenvalue weighted by atomic mass is 10.1. The van der Waals surface area contributed by atoms with Gasteiger partial charge in [0.05, 0.1) is 8.07 Å². The van der Waals surface area contributed by atoms with Gasteiger partial charge in [-0.2, -0.15) is 0 Å². The van der Waals surface area contributed by atoms with Crippen molar-refractivity contribution in [2.24, 2.45) is 0 Å². The largest absolute Gasteiger partial charge is 0.441 e. The molecule has 0 saturated heterocycles. The van der Waals surface area contributed by atoms with Crippen LogP contribution in [-0.4, -0.2) is 13.1 Å². The van der Waals surface area contributed by atoms with Crippen molar-refractivity contribution in [3.8, 4) is 22.7 Å². The van der Waals surface area contributed by atoms with Gasteiger partial charge in [0.25, 0.3) is 0 Å². The fourth-order valence-electron chi connectivity index (χ4n) is 2.59. The maximum absolute atomic E-state index is 6.19. The van der Waals surface area contributed by atoms with E-state index in [1.807, 2.05) is 18.2 Å². The summed E-state index contributed by atoms with van der Waals surface area (Å²) in [6, 6.07) is 19.7. The van der Waals surface area contributed by atoms with Crippen LogP contribution in [0.1, 0.15) is 11.3 Å². The summed E-state index contributed by atoms with van der Waals surface area (Å²) in [5.74, 6) is 1.74. The molecule has 1 aromatic heterocycles. The average Bonchev–Trinajstić information content (AvgIpc) is 2.90. The van der Waals surface area contributed by atoms with E-state index in [2.05, 4.69) is 63.0 Å². The second-order valence-electron chi connectivity index (χ2n) is 7.26. The molecule has 0 saturated carbocycles. The minimum absolute atomic E-state index is 0.720. The third-order valence-corrected chi connectivity index (χ3v) is 5.12. The van der Waals surface area contributed by atoms with Crippen LogP contribution < -0.4 is 0 Å². The molecule has 3 heteroatoms. The lowest BCUT2D eigenvalue weighted by Crippen LogP contribution is -2.23. The Balaban J connectivity index is 2.08. The van der Waals surface area contributed by atoms with Crippen LogP contribution in [0.5, 0.6) is 0 Å². The van der Waals surface area contributed by atoms with Crippen LogP contribution in [0.2, 0.25) is 19.6 Å². The van der Waals surface area contributed by atoms with Gasteiger partial charge in [-0.3, -0.25) is 0 Å². The van der Waals surface area contributed by atoms with E-state index in [-0.39, 0.29) is 0 Å². The predicted molar refractivity (Wildman–Crippen MR) is 99.2 cm³/mol. The number of hydrogen-bond donors (Lipinski definition) is 0. The van der Waals surface area contributed by atoms with E-state index in [4.69, 9.17) is 9.40 Å². The van der Waals surface area contributed by atoms with Crippen molar-refractivity contribution in [3.05, 3.63) is 65.9 Å². The number of benzene rings is 2. The number of aryl methyl sites for hydroxylation is 1. The molecule has 0 spiro atoms. The molecular formula is C20H23NOSi. The van der Waals surface area contributed by atoms with Crippen LogP contribution in [0.15, 0.2) is 59.0 Å². The Morgan fingerprint density at radius 1 is 0.870 bits per heavy atom. The van der Waals surface area contributed by atoms with Gasteiger partial charge in [0.2, 0.25) is 5.89 Å². The lowest BCUT2D eigenvalue weighted by molar-refractivity contribution is 0.536. The van der Waals surface area contributed by atoms with Crippen molar-refractivity contribution in [2.45, 2.75) is 32.6 Å². The minimum atomic E-state index is -1.29. The number of oxazole rings is 1. The van der Waals surface area contributed by atoms with Gasteiger partial charge in [0.1, 0.15) is 11.5 Å². The molecule has 3 rings (SSSR count). The highest BCUT2D eigenvalue weighted by Gasteiger charge is 2.22. The molecule has 118 valence electrons.